The Balaban J connectivity index is 1.36. The first-order valence-corrected chi connectivity index (χ1v) is 13.2. The molecule has 2 N–H and O–H groups in total. The van der Waals surface area contributed by atoms with Gasteiger partial charge in [-0.25, -0.2) is 13.1 Å². The van der Waals surface area contributed by atoms with Crippen LogP contribution in [0.3, 0.4) is 0 Å². The van der Waals surface area contributed by atoms with Crippen molar-refractivity contribution in [2.24, 2.45) is 5.92 Å². The maximum Gasteiger partial charge on any atom is 0.240 e. The van der Waals surface area contributed by atoms with Crippen molar-refractivity contribution in [3.8, 4) is 0 Å². The molecular formula is C25H31N3O4S. The SMILES string of the molecule is CCc1ccc(N2CC(C(=O)Nc3ccc(S(=O)(=O)NC4CCCCC4)cc3)CC2=O)cc1. The zero-order chi connectivity index (χ0) is 23.4. The Bertz CT molecular complexity index is 1090. The summed E-state index contributed by atoms with van der Waals surface area (Å²) in [5, 5.41) is 2.82. The number of hydrogen-bond donors (Lipinski definition) is 2. The second-order valence-corrected chi connectivity index (χ2v) is 10.6. The van der Waals surface area contributed by atoms with E-state index in [-0.39, 0.29) is 29.2 Å². The number of anilines is 2. The Morgan fingerprint density at radius 1 is 1.00 bits per heavy atom. The Hall–Kier alpha value is -2.71. The number of amides is 2. The van der Waals surface area contributed by atoms with Crippen molar-refractivity contribution in [1.29, 1.82) is 0 Å². The number of hydrogen-bond acceptors (Lipinski definition) is 4. The van der Waals surface area contributed by atoms with Crippen molar-refractivity contribution >= 4 is 33.2 Å². The largest absolute Gasteiger partial charge is 0.326 e. The number of sulfonamides is 1. The summed E-state index contributed by atoms with van der Waals surface area (Å²) >= 11 is 0. The molecule has 1 unspecified atom stereocenters. The Kier molecular flexibility index (Phi) is 7.14. The first-order valence-electron chi connectivity index (χ1n) is 11.7. The fraction of sp³-hybridized carbons (Fsp3) is 0.440. The molecule has 0 radical (unpaired) electrons. The predicted octanol–water partition coefficient (Wildman–Crippen LogP) is 3.85. The molecule has 176 valence electrons. The third-order valence-corrected chi connectivity index (χ3v) is 8.05. The summed E-state index contributed by atoms with van der Waals surface area (Å²) in [6, 6.07) is 14.0. The van der Waals surface area contributed by atoms with Crippen LogP contribution in [0.25, 0.3) is 0 Å². The molecule has 0 spiro atoms. The van der Waals surface area contributed by atoms with E-state index in [4.69, 9.17) is 0 Å². The maximum atomic E-state index is 12.8. The maximum absolute atomic E-state index is 12.8. The van der Waals surface area contributed by atoms with Crippen molar-refractivity contribution in [2.45, 2.75) is 62.8 Å². The number of carbonyl (C=O) groups is 2. The van der Waals surface area contributed by atoms with Crippen LogP contribution in [0, 0.1) is 5.92 Å². The number of rotatable bonds is 7. The number of nitrogens with zero attached hydrogens (tertiary/aromatic N) is 1. The van der Waals surface area contributed by atoms with Gasteiger partial charge in [0.05, 0.1) is 10.8 Å². The van der Waals surface area contributed by atoms with E-state index in [0.717, 1.165) is 44.2 Å². The van der Waals surface area contributed by atoms with Gasteiger partial charge in [0.2, 0.25) is 21.8 Å². The molecule has 1 saturated carbocycles. The summed E-state index contributed by atoms with van der Waals surface area (Å²) in [5.74, 6) is -0.777. The molecule has 8 heteroatoms. The van der Waals surface area contributed by atoms with Gasteiger partial charge in [-0.2, -0.15) is 0 Å². The first-order chi connectivity index (χ1) is 15.9. The highest BCUT2D eigenvalue weighted by Gasteiger charge is 2.35. The standard InChI is InChI=1S/C25H31N3O4S/c1-2-18-8-12-22(13-9-18)28-17-19(16-24(28)29)25(30)26-20-10-14-23(15-11-20)33(31,32)27-21-6-4-3-5-7-21/h8-15,19,21,27H,2-7,16-17H2,1H3,(H,26,30). The summed E-state index contributed by atoms with van der Waals surface area (Å²) in [7, 11) is -3.59. The summed E-state index contributed by atoms with van der Waals surface area (Å²) in [6.07, 6.45) is 6.06. The van der Waals surface area contributed by atoms with Crippen molar-refractivity contribution in [1.82, 2.24) is 4.72 Å². The quantitative estimate of drug-likeness (QED) is 0.644. The van der Waals surface area contributed by atoms with Gasteiger partial charge in [-0.15, -0.1) is 0 Å². The van der Waals surface area contributed by atoms with Gasteiger partial charge < -0.3 is 10.2 Å². The highest BCUT2D eigenvalue weighted by atomic mass is 32.2. The van der Waals surface area contributed by atoms with E-state index in [2.05, 4.69) is 17.0 Å². The van der Waals surface area contributed by atoms with Gasteiger partial charge in [-0.3, -0.25) is 9.59 Å². The lowest BCUT2D eigenvalue weighted by Crippen LogP contribution is -2.36. The molecule has 1 heterocycles. The van der Waals surface area contributed by atoms with E-state index in [9.17, 15) is 18.0 Å². The minimum absolute atomic E-state index is 0.0100. The van der Waals surface area contributed by atoms with E-state index in [0.29, 0.717) is 12.2 Å². The smallest absolute Gasteiger partial charge is 0.240 e. The minimum atomic E-state index is -3.59. The lowest BCUT2D eigenvalue weighted by Gasteiger charge is -2.22. The molecule has 33 heavy (non-hydrogen) atoms. The molecule has 1 saturated heterocycles. The van der Waals surface area contributed by atoms with E-state index in [1.807, 2.05) is 24.3 Å². The van der Waals surface area contributed by atoms with Gasteiger partial charge in [-0.1, -0.05) is 38.3 Å². The lowest BCUT2D eigenvalue weighted by atomic mass is 9.96. The number of carbonyl (C=O) groups excluding carboxylic acids is 2. The molecule has 2 amide bonds. The van der Waals surface area contributed by atoms with Crippen LogP contribution in [0.5, 0.6) is 0 Å². The van der Waals surface area contributed by atoms with Crippen molar-refractivity contribution < 1.29 is 18.0 Å². The molecule has 7 nitrogen and oxygen atoms in total. The third kappa shape index (κ3) is 5.62. The van der Waals surface area contributed by atoms with Gasteiger partial charge in [0.25, 0.3) is 0 Å². The average Bonchev–Trinajstić information content (AvgIpc) is 3.21. The van der Waals surface area contributed by atoms with Gasteiger partial charge >= 0.3 is 0 Å². The van der Waals surface area contributed by atoms with E-state index < -0.39 is 15.9 Å². The third-order valence-electron chi connectivity index (χ3n) is 6.51. The Morgan fingerprint density at radius 3 is 2.30 bits per heavy atom. The van der Waals surface area contributed by atoms with Crippen molar-refractivity contribution in [3.63, 3.8) is 0 Å². The molecule has 2 aromatic carbocycles. The number of aryl methyl sites for hydroxylation is 1. The van der Waals surface area contributed by atoms with Crippen LogP contribution in [-0.4, -0.2) is 32.8 Å². The second-order valence-electron chi connectivity index (χ2n) is 8.90. The average molecular weight is 470 g/mol. The molecule has 2 fully saturated rings. The highest BCUT2D eigenvalue weighted by Crippen LogP contribution is 2.27. The molecular weight excluding hydrogens is 438 g/mol. The Morgan fingerprint density at radius 2 is 1.67 bits per heavy atom. The molecule has 2 aliphatic rings. The minimum Gasteiger partial charge on any atom is -0.326 e. The first kappa shape index (κ1) is 23.4. The molecule has 1 aliphatic carbocycles. The van der Waals surface area contributed by atoms with Crippen LogP contribution in [0.15, 0.2) is 53.4 Å². The normalized spacial score (nSPS) is 19.6. The van der Waals surface area contributed by atoms with Gasteiger partial charge in [0.1, 0.15) is 0 Å². The summed E-state index contributed by atoms with van der Waals surface area (Å²) in [6.45, 7) is 2.40. The topological polar surface area (TPSA) is 95.6 Å². The molecule has 1 atom stereocenters. The van der Waals surface area contributed by atoms with Crippen LogP contribution in [-0.2, 0) is 26.0 Å². The Labute approximate surface area is 195 Å². The zero-order valence-corrected chi connectivity index (χ0v) is 19.7. The van der Waals surface area contributed by atoms with Gasteiger partial charge in [-0.05, 0) is 61.2 Å². The number of benzene rings is 2. The zero-order valence-electron chi connectivity index (χ0n) is 18.9. The summed E-state index contributed by atoms with van der Waals surface area (Å²) in [5.41, 5.74) is 2.50. The fourth-order valence-corrected chi connectivity index (χ4v) is 5.82. The monoisotopic (exact) mass is 469 g/mol. The lowest BCUT2D eigenvalue weighted by molar-refractivity contribution is -0.122. The van der Waals surface area contributed by atoms with Crippen LogP contribution >= 0.6 is 0 Å². The van der Waals surface area contributed by atoms with Crippen LogP contribution in [0.1, 0.15) is 51.0 Å². The van der Waals surface area contributed by atoms with Crippen molar-refractivity contribution in [2.75, 3.05) is 16.8 Å². The molecule has 1 aliphatic heterocycles. The number of nitrogens with one attached hydrogen (secondary N) is 2. The fourth-order valence-electron chi connectivity index (χ4n) is 4.51. The predicted molar refractivity (Wildman–Crippen MR) is 129 cm³/mol. The van der Waals surface area contributed by atoms with Crippen LogP contribution in [0.4, 0.5) is 11.4 Å². The molecule has 2 aromatic rings. The summed E-state index contributed by atoms with van der Waals surface area (Å²) < 4.78 is 28.1. The van der Waals surface area contributed by atoms with Crippen LogP contribution in [0.2, 0.25) is 0 Å². The molecule has 0 aromatic heterocycles. The second kappa shape index (κ2) is 10.1. The van der Waals surface area contributed by atoms with E-state index in [1.54, 1.807) is 17.0 Å². The van der Waals surface area contributed by atoms with E-state index in [1.165, 1.54) is 17.7 Å². The van der Waals surface area contributed by atoms with Gasteiger partial charge in [0.15, 0.2) is 0 Å². The molecule has 4 rings (SSSR count). The van der Waals surface area contributed by atoms with Crippen molar-refractivity contribution in [3.05, 3.63) is 54.1 Å². The van der Waals surface area contributed by atoms with Crippen LogP contribution < -0.4 is 14.9 Å². The van der Waals surface area contributed by atoms with E-state index >= 15 is 0 Å². The molecule has 0 bridgehead atoms. The van der Waals surface area contributed by atoms with Gasteiger partial charge in [0, 0.05) is 30.4 Å². The highest BCUT2D eigenvalue weighted by molar-refractivity contribution is 7.89. The summed E-state index contributed by atoms with van der Waals surface area (Å²) in [4.78, 5) is 27.1.